The molecule has 0 unspecified atom stereocenters. The lowest BCUT2D eigenvalue weighted by Gasteiger charge is -2.42. The lowest BCUT2D eigenvalue weighted by molar-refractivity contribution is -0.136. The Kier molecular flexibility index (Phi) is 9.37. The second-order valence-electron chi connectivity index (χ2n) is 11.5. The molecule has 0 atom stereocenters. The molecule has 7 heteroatoms. The molecule has 41 heavy (non-hydrogen) atoms. The molecule has 0 aromatic heterocycles. The van der Waals surface area contributed by atoms with E-state index in [9.17, 15) is 9.59 Å². The van der Waals surface area contributed by atoms with Crippen LogP contribution in [-0.2, 0) is 24.3 Å². The molecule has 2 aliphatic rings. The maximum Gasteiger partial charge on any atom is 0.328 e. The number of likely N-dealkylation sites (tertiary alicyclic amines) is 1. The molecule has 0 N–H and O–H groups in total. The summed E-state index contributed by atoms with van der Waals surface area (Å²) in [5.41, 5.74) is 2.59. The lowest BCUT2D eigenvalue weighted by atomic mass is 9.85. The van der Waals surface area contributed by atoms with Crippen LogP contribution in [0.4, 0.5) is 4.79 Å². The number of imide groups is 1. The third-order valence-electron chi connectivity index (χ3n) is 8.30. The van der Waals surface area contributed by atoms with Gasteiger partial charge in [-0.05, 0) is 68.6 Å². The molecule has 0 aliphatic carbocycles. The number of amides is 3. The summed E-state index contributed by atoms with van der Waals surface area (Å²) in [5.74, 6) is 0.850. The molecule has 5 rings (SSSR count). The minimum absolute atomic E-state index is 0.0465. The highest BCUT2D eigenvalue weighted by Crippen LogP contribution is 2.38. The van der Waals surface area contributed by atoms with Crippen molar-refractivity contribution in [2.24, 2.45) is 0 Å². The first-order valence-corrected chi connectivity index (χ1v) is 14.7. The van der Waals surface area contributed by atoms with Gasteiger partial charge >= 0.3 is 6.03 Å². The Balaban J connectivity index is 1.23. The number of carbonyl (C=O) groups excluding carboxylic acids is 2. The molecular weight excluding hydrogens is 512 g/mol. The van der Waals surface area contributed by atoms with Gasteiger partial charge in [-0.1, -0.05) is 72.8 Å². The fourth-order valence-electron chi connectivity index (χ4n) is 5.97. The average Bonchev–Trinajstić information content (AvgIpc) is 3.18. The molecule has 0 radical (unpaired) electrons. The second-order valence-corrected chi connectivity index (χ2v) is 11.5. The maximum atomic E-state index is 14.0. The number of benzene rings is 3. The predicted molar refractivity (Wildman–Crippen MR) is 162 cm³/mol. The topological polar surface area (TPSA) is 56.3 Å². The van der Waals surface area contributed by atoms with Crippen molar-refractivity contribution in [2.75, 3.05) is 46.9 Å². The summed E-state index contributed by atoms with van der Waals surface area (Å²) in [4.78, 5) is 35.7. The van der Waals surface area contributed by atoms with Crippen LogP contribution in [0.5, 0.6) is 5.75 Å². The van der Waals surface area contributed by atoms with Gasteiger partial charge in [-0.2, -0.15) is 0 Å². The number of hydrogen-bond acceptors (Lipinski definition) is 5. The fourth-order valence-corrected chi connectivity index (χ4v) is 5.97. The van der Waals surface area contributed by atoms with Crippen LogP contribution in [-0.4, -0.2) is 84.0 Å². The Morgan fingerprint density at radius 2 is 1.39 bits per heavy atom. The second kappa shape index (κ2) is 13.3. The van der Waals surface area contributed by atoms with E-state index in [1.54, 1.807) is 0 Å². The van der Waals surface area contributed by atoms with E-state index in [1.165, 1.54) is 16.0 Å². The Morgan fingerprint density at radius 3 is 2.02 bits per heavy atom. The monoisotopic (exact) mass is 554 g/mol. The van der Waals surface area contributed by atoms with E-state index in [1.807, 2.05) is 65.6 Å². The Morgan fingerprint density at radius 1 is 0.780 bits per heavy atom. The Hall–Kier alpha value is -3.68. The molecule has 2 heterocycles. The molecule has 2 aliphatic heterocycles. The number of urea groups is 1. The molecule has 0 saturated carbocycles. The van der Waals surface area contributed by atoms with Crippen LogP contribution in [0.2, 0.25) is 0 Å². The van der Waals surface area contributed by atoms with Crippen molar-refractivity contribution in [3.05, 3.63) is 102 Å². The van der Waals surface area contributed by atoms with Gasteiger partial charge in [0.05, 0.1) is 13.2 Å². The lowest BCUT2D eigenvalue weighted by Crippen LogP contribution is -2.56. The molecule has 3 aromatic rings. The van der Waals surface area contributed by atoms with E-state index < -0.39 is 5.54 Å². The zero-order valence-electron chi connectivity index (χ0n) is 24.4. The van der Waals surface area contributed by atoms with Crippen molar-refractivity contribution in [1.82, 2.24) is 19.6 Å². The Labute approximate surface area is 244 Å². The van der Waals surface area contributed by atoms with E-state index in [0.717, 1.165) is 50.3 Å². The van der Waals surface area contributed by atoms with E-state index >= 15 is 0 Å². The normalized spacial score (nSPS) is 17.1. The van der Waals surface area contributed by atoms with E-state index in [-0.39, 0.29) is 11.9 Å². The van der Waals surface area contributed by atoms with Gasteiger partial charge in [0.15, 0.2) is 0 Å². The van der Waals surface area contributed by atoms with Gasteiger partial charge < -0.3 is 14.5 Å². The van der Waals surface area contributed by atoms with Crippen LogP contribution in [0.25, 0.3) is 0 Å². The Bertz CT molecular complexity index is 1270. The zero-order chi connectivity index (χ0) is 28.7. The molecule has 0 bridgehead atoms. The molecule has 216 valence electrons. The van der Waals surface area contributed by atoms with Gasteiger partial charge in [-0.15, -0.1) is 0 Å². The van der Waals surface area contributed by atoms with Crippen molar-refractivity contribution in [1.29, 1.82) is 0 Å². The molecule has 1 spiro atoms. The van der Waals surface area contributed by atoms with Crippen LogP contribution in [0.1, 0.15) is 36.0 Å². The largest absolute Gasteiger partial charge is 0.494 e. The number of rotatable bonds is 12. The maximum absolute atomic E-state index is 14.0. The van der Waals surface area contributed by atoms with Crippen molar-refractivity contribution in [3.8, 4) is 5.75 Å². The first-order valence-electron chi connectivity index (χ1n) is 14.7. The molecular formula is C34H42N4O3. The van der Waals surface area contributed by atoms with Crippen molar-refractivity contribution in [3.63, 3.8) is 0 Å². The average molecular weight is 555 g/mol. The smallest absolute Gasteiger partial charge is 0.328 e. The quantitative estimate of drug-likeness (QED) is 0.232. The molecule has 2 fully saturated rings. The van der Waals surface area contributed by atoms with Crippen LogP contribution < -0.4 is 4.74 Å². The predicted octanol–water partition coefficient (Wildman–Crippen LogP) is 5.06. The summed E-state index contributed by atoms with van der Waals surface area (Å²) >= 11 is 0. The minimum atomic E-state index is -0.776. The molecule has 7 nitrogen and oxygen atoms in total. The minimum Gasteiger partial charge on any atom is -0.494 e. The van der Waals surface area contributed by atoms with Gasteiger partial charge in [-0.25, -0.2) is 4.79 Å². The summed E-state index contributed by atoms with van der Waals surface area (Å²) in [7, 11) is 4.14. The van der Waals surface area contributed by atoms with E-state index in [2.05, 4.69) is 48.2 Å². The number of ether oxygens (including phenoxy) is 1. The third-order valence-corrected chi connectivity index (χ3v) is 8.30. The highest BCUT2D eigenvalue weighted by molar-refractivity contribution is 6.07. The summed E-state index contributed by atoms with van der Waals surface area (Å²) < 4.78 is 5.89. The number of carbonyl (C=O) groups is 2. The summed E-state index contributed by atoms with van der Waals surface area (Å²) in [6.07, 6.45) is 3.01. The van der Waals surface area contributed by atoms with Crippen molar-refractivity contribution >= 4 is 11.9 Å². The molecule has 2 saturated heterocycles. The summed E-state index contributed by atoms with van der Waals surface area (Å²) in [6, 6.07) is 28.2. The summed E-state index contributed by atoms with van der Waals surface area (Å²) in [5, 5.41) is 0. The zero-order valence-corrected chi connectivity index (χ0v) is 24.4. The third kappa shape index (κ3) is 6.97. The first kappa shape index (κ1) is 28.8. The van der Waals surface area contributed by atoms with E-state index in [0.29, 0.717) is 32.5 Å². The molecule has 3 amide bonds. The number of piperidine rings is 1. The van der Waals surface area contributed by atoms with Crippen LogP contribution in [0.3, 0.4) is 0 Å². The molecule has 3 aromatic carbocycles. The van der Waals surface area contributed by atoms with Crippen molar-refractivity contribution < 1.29 is 14.3 Å². The number of hydrogen-bond donors (Lipinski definition) is 0. The van der Waals surface area contributed by atoms with Gasteiger partial charge in [0.1, 0.15) is 11.3 Å². The van der Waals surface area contributed by atoms with Gasteiger partial charge in [0.2, 0.25) is 0 Å². The van der Waals surface area contributed by atoms with E-state index in [4.69, 9.17) is 4.74 Å². The summed E-state index contributed by atoms with van der Waals surface area (Å²) in [6.45, 7) is 4.92. The standard InChI is InChI=1S/C34H42N4O3/c1-35(2)21-9-25-41-31-16-14-30(15-17-31)26-36-23-19-34(20-24-36)32(39)37(27-29-12-7-4-8-13-29)33(40)38(34)22-18-28-10-5-3-6-11-28/h3-8,10-17H,9,18-27H2,1-2H3. The number of nitrogens with zero attached hydrogens (tertiary/aromatic N) is 4. The van der Waals surface area contributed by atoms with Gasteiger partial charge in [0.25, 0.3) is 5.91 Å². The van der Waals surface area contributed by atoms with Gasteiger partial charge in [0, 0.05) is 32.7 Å². The van der Waals surface area contributed by atoms with Crippen molar-refractivity contribution in [2.45, 2.75) is 44.3 Å². The SMILES string of the molecule is CN(C)CCCOc1ccc(CN2CCC3(CC2)C(=O)N(Cc2ccccc2)C(=O)N3CCc2ccccc2)cc1. The highest BCUT2D eigenvalue weighted by atomic mass is 16.5. The first-order chi connectivity index (χ1) is 19.9. The highest BCUT2D eigenvalue weighted by Gasteiger charge is 2.57. The van der Waals surface area contributed by atoms with Crippen LogP contribution in [0.15, 0.2) is 84.9 Å². The fraction of sp³-hybridized carbons (Fsp3) is 0.412. The van der Waals surface area contributed by atoms with Gasteiger partial charge in [-0.3, -0.25) is 14.6 Å². The van der Waals surface area contributed by atoms with Crippen LogP contribution >= 0.6 is 0 Å². The van der Waals surface area contributed by atoms with Crippen LogP contribution in [0, 0.1) is 0 Å².